The van der Waals surface area contributed by atoms with Crippen molar-refractivity contribution in [2.24, 2.45) is 0 Å². The molecule has 0 aliphatic carbocycles. The van der Waals surface area contributed by atoms with E-state index in [1.54, 1.807) is 6.08 Å². The summed E-state index contributed by atoms with van der Waals surface area (Å²) in [6.45, 7) is 6.80. The molecule has 1 heterocycles. The number of ether oxygens (including phenoxy) is 2. The van der Waals surface area contributed by atoms with Crippen molar-refractivity contribution in [1.82, 2.24) is 10.2 Å². The van der Waals surface area contributed by atoms with Crippen molar-refractivity contribution in [2.45, 2.75) is 32.9 Å². The van der Waals surface area contributed by atoms with E-state index in [4.69, 9.17) is 9.47 Å². The zero-order valence-electron chi connectivity index (χ0n) is 18.5. The summed E-state index contributed by atoms with van der Waals surface area (Å²) in [7, 11) is 0. The van der Waals surface area contributed by atoms with Gasteiger partial charge in [-0.1, -0.05) is 44.2 Å². The number of hydrogen-bond donors (Lipinski definition) is 1. The molecule has 0 bridgehead atoms. The van der Waals surface area contributed by atoms with E-state index >= 15 is 0 Å². The van der Waals surface area contributed by atoms with Crippen LogP contribution in [0.5, 0.6) is 5.75 Å². The van der Waals surface area contributed by atoms with E-state index in [-0.39, 0.29) is 31.0 Å². The number of nitro benzene ring substituents is 1. The lowest BCUT2D eigenvalue weighted by atomic mass is 10.0. The van der Waals surface area contributed by atoms with Crippen molar-refractivity contribution in [3.63, 3.8) is 0 Å². The predicted octanol–water partition coefficient (Wildman–Crippen LogP) is 3.54. The molecule has 1 amide bonds. The maximum atomic E-state index is 12.5. The SMILES string of the molecule is CCN(CC)C(CNC(=O)/C=C/c1cc([N+](=O)[O-])cc2c1OCOC2)Cc1ccccc1. The molecule has 170 valence electrons. The third kappa shape index (κ3) is 6.15. The van der Waals surface area contributed by atoms with Crippen molar-refractivity contribution < 1.29 is 19.2 Å². The maximum absolute atomic E-state index is 12.5. The van der Waals surface area contributed by atoms with Gasteiger partial charge in [0.1, 0.15) is 5.75 Å². The molecule has 0 saturated carbocycles. The maximum Gasteiger partial charge on any atom is 0.270 e. The van der Waals surface area contributed by atoms with Crippen LogP contribution < -0.4 is 10.1 Å². The monoisotopic (exact) mass is 439 g/mol. The van der Waals surface area contributed by atoms with Gasteiger partial charge in [0.15, 0.2) is 6.79 Å². The molecule has 0 spiro atoms. The second-order valence-electron chi connectivity index (χ2n) is 7.53. The average molecular weight is 440 g/mol. The number of nitrogens with one attached hydrogen (secondary N) is 1. The Morgan fingerprint density at radius 2 is 2.00 bits per heavy atom. The molecule has 8 nitrogen and oxygen atoms in total. The van der Waals surface area contributed by atoms with E-state index < -0.39 is 4.92 Å². The Kier molecular flexibility index (Phi) is 8.35. The van der Waals surface area contributed by atoms with Gasteiger partial charge in [0, 0.05) is 41.9 Å². The van der Waals surface area contributed by atoms with Gasteiger partial charge in [-0.3, -0.25) is 19.8 Å². The minimum atomic E-state index is -0.468. The van der Waals surface area contributed by atoms with Crippen molar-refractivity contribution in [1.29, 1.82) is 0 Å². The topological polar surface area (TPSA) is 93.9 Å². The molecule has 32 heavy (non-hydrogen) atoms. The molecule has 1 aliphatic heterocycles. The molecule has 1 N–H and O–H groups in total. The molecular formula is C24H29N3O5. The second kappa shape index (κ2) is 11.4. The normalized spacial score (nSPS) is 14.1. The van der Waals surface area contributed by atoms with Crippen molar-refractivity contribution in [3.05, 3.63) is 75.3 Å². The zero-order valence-corrected chi connectivity index (χ0v) is 18.5. The van der Waals surface area contributed by atoms with E-state index in [2.05, 4.69) is 36.2 Å². The highest BCUT2D eigenvalue weighted by atomic mass is 16.7. The van der Waals surface area contributed by atoms with Crippen LogP contribution in [0.25, 0.3) is 6.08 Å². The summed E-state index contributed by atoms with van der Waals surface area (Å²) in [4.78, 5) is 25.6. The number of nitro groups is 1. The van der Waals surface area contributed by atoms with Crippen LogP contribution in [0.1, 0.15) is 30.5 Å². The molecule has 1 unspecified atom stereocenters. The van der Waals surface area contributed by atoms with Gasteiger partial charge in [-0.2, -0.15) is 0 Å². The summed E-state index contributed by atoms with van der Waals surface area (Å²) in [5.41, 5.74) is 2.23. The van der Waals surface area contributed by atoms with E-state index in [9.17, 15) is 14.9 Å². The summed E-state index contributed by atoms with van der Waals surface area (Å²) in [6, 6.07) is 13.2. The van der Waals surface area contributed by atoms with Crippen LogP contribution in [0.4, 0.5) is 5.69 Å². The standard InChI is InChI=1S/C24H29N3O5/c1-3-26(4-2)22(12-18-8-6-5-7-9-18)15-25-23(28)11-10-19-13-21(27(29)30)14-20-16-31-17-32-24(19)20/h5-11,13-14,22H,3-4,12,15-17H2,1-2H3,(H,25,28)/b11-10+. The number of amides is 1. The van der Waals surface area contributed by atoms with E-state index in [0.717, 1.165) is 19.5 Å². The summed E-state index contributed by atoms with van der Waals surface area (Å²) in [5, 5.41) is 14.2. The van der Waals surface area contributed by atoms with Crippen molar-refractivity contribution in [2.75, 3.05) is 26.4 Å². The summed E-state index contributed by atoms with van der Waals surface area (Å²) >= 11 is 0. The van der Waals surface area contributed by atoms with Gasteiger partial charge >= 0.3 is 0 Å². The van der Waals surface area contributed by atoms with Crippen LogP contribution in [0.3, 0.4) is 0 Å². The number of rotatable bonds is 10. The van der Waals surface area contributed by atoms with Crippen molar-refractivity contribution in [3.8, 4) is 5.75 Å². The highest BCUT2D eigenvalue weighted by Crippen LogP contribution is 2.33. The van der Waals surface area contributed by atoms with E-state index in [0.29, 0.717) is 23.4 Å². The number of hydrogen-bond acceptors (Lipinski definition) is 6. The Labute approximate surface area is 188 Å². The summed E-state index contributed by atoms with van der Waals surface area (Å²) < 4.78 is 10.7. The van der Waals surface area contributed by atoms with Crippen LogP contribution in [0.15, 0.2) is 48.5 Å². The third-order valence-electron chi connectivity index (χ3n) is 5.50. The van der Waals surface area contributed by atoms with Gasteiger partial charge in [0.05, 0.1) is 11.5 Å². The molecular weight excluding hydrogens is 410 g/mol. The molecule has 2 aromatic rings. The number of benzene rings is 2. The van der Waals surface area contributed by atoms with Crippen LogP contribution in [0.2, 0.25) is 0 Å². The number of carbonyl (C=O) groups excluding carboxylic acids is 1. The fourth-order valence-corrected chi connectivity index (χ4v) is 3.86. The minimum absolute atomic E-state index is 0.0673. The Hall–Kier alpha value is -3.23. The largest absolute Gasteiger partial charge is 0.467 e. The number of fused-ring (bicyclic) bond motifs is 1. The fourth-order valence-electron chi connectivity index (χ4n) is 3.86. The molecule has 3 rings (SSSR count). The van der Waals surface area contributed by atoms with Gasteiger partial charge < -0.3 is 14.8 Å². The lowest BCUT2D eigenvalue weighted by Crippen LogP contribution is -2.44. The van der Waals surface area contributed by atoms with Crippen LogP contribution in [-0.2, 0) is 22.6 Å². The molecule has 1 atom stereocenters. The summed E-state index contributed by atoms with van der Waals surface area (Å²) in [6.07, 6.45) is 3.77. The first-order valence-corrected chi connectivity index (χ1v) is 10.8. The van der Waals surface area contributed by atoms with Gasteiger partial charge in [0.25, 0.3) is 5.69 Å². The highest BCUT2D eigenvalue weighted by molar-refractivity contribution is 5.92. The average Bonchev–Trinajstić information content (AvgIpc) is 2.82. The van der Waals surface area contributed by atoms with Gasteiger partial charge in [-0.05, 0) is 31.1 Å². The Morgan fingerprint density at radius 1 is 1.25 bits per heavy atom. The van der Waals surface area contributed by atoms with Crippen molar-refractivity contribution >= 4 is 17.7 Å². The van der Waals surface area contributed by atoms with Gasteiger partial charge in [0.2, 0.25) is 5.91 Å². The minimum Gasteiger partial charge on any atom is -0.467 e. The molecule has 0 aromatic heterocycles. The Bertz CT molecular complexity index is 958. The molecule has 0 fully saturated rings. The lowest BCUT2D eigenvalue weighted by molar-refractivity contribution is -0.385. The van der Waals surface area contributed by atoms with Crippen LogP contribution in [-0.4, -0.2) is 48.2 Å². The molecule has 8 heteroatoms. The van der Waals surface area contributed by atoms with Crippen LogP contribution >= 0.6 is 0 Å². The zero-order chi connectivity index (χ0) is 22.9. The molecule has 0 radical (unpaired) electrons. The molecule has 0 saturated heterocycles. The molecule has 2 aromatic carbocycles. The smallest absolute Gasteiger partial charge is 0.270 e. The lowest BCUT2D eigenvalue weighted by Gasteiger charge is -2.30. The highest BCUT2D eigenvalue weighted by Gasteiger charge is 2.20. The predicted molar refractivity (Wildman–Crippen MR) is 122 cm³/mol. The third-order valence-corrected chi connectivity index (χ3v) is 5.50. The van der Waals surface area contributed by atoms with Gasteiger partial charge in [-0.25, -0.2) is 0 Å². The summed E-state index contributed by atoms with van der Waals surface area (Å²) in [5.74, 6) is 0.249. The first-order chi connectivity index (χ1) is 15.5. The second-order valence-corrected chi connectivity index (χ2v) is 7.53. The Morgan fingerprint density at radius 3 is 2.69 bits per heavy atom. The number of carbonyl (C=O) groups is 1. The van der Waals surface area contributed by atoms with Crippen LogP contribution in [0, 0.1) is 10.1 Å². The Balaban J connectivity index is 1.70. The fraction of sp³-hybridized carbons (Fsp3) is 0.375. The van der Waals surface area contributed by atoms with Gasteiger partial charge in [-0.15, -0.1) is 0 Å². The first kappa shape index (κ1) is 23.4. The molecule has 1 aliphatic rings. The quantitative estimate of drug-likeness (QED) is 0.346. The number of likely N-dealkylation sites (N-methyl/N-ethyl adjacent to an activating group) is 1. The van der Waals surface area contributed by atoms with E-state index in [1.807, 2.05) is 18.2 Å². The number of non-ortho nitro benzene ring substituents is 1. The number of nitrogens with zero attached hydrogens (tertiary/aromatic N) is 2. The van der Waals surface area contributed by atoms with E-state index in [1.165, 1.54) is 23.8 Å². The first-order valence-electron chi connectivity index (χ1n) is 10.8.